The molecule has 0 aliphatic carbocycles. The van der Waals surface area contributed by atoms with Crippen molar-refractivity contribution in [3.8, 4) is 0 Å². The van der Waals surface area contributed by atoms with E-state index in [0.29, 0.717) is 0 Å². The van der Waals surface area contributed by atoms with E-state index in [0.717, 1.165) is 36.5 Å². The maximum Gasteiger partial charge on any atom is 0.193 e. The van der Waals surface area contributed by atoms with Crippen LogP contribution in [0.3, 0.4) is 0 Å². The molecule has 0 spiro atoms. The molecule has 0 saturated carbocycles. The first kappa shape index (κ1) is 20.1. The summed E-state index contributed by atoms with van der Waals surface area (Å²) in [5.74, 6) is 0.175. The number of unbranched alkanes of at least 4 members (excludes halogenated alkanes) is 3. The Hall–Kier alpha value is -0.933. The molecule has 0 radical (unpaired) electrons. The number of hydrogen-bond donors (Lipinski definition) is 0. The van der Waals surface area contributed by atoms with Crippen LogP contribution >= 0.6 is 0 Å². The van der Waals surface area contributed by atoms with Crippen molar-refractivity contribution in [3.05, 3.63) is 35.9 Å². The van der Waals surface area contributed by atoms with Gasteiger partial charge in [0.1, 0.15) is 6.10 Å². The summed E-state index contributed by atoms with van der Waals surface area (Å²) in [6, 6.07) is 12.9. The van der Waals surface area contributed by atoms with Gasteiger partial charge in [0.05, 0.1) is 0 Å². The molecular formula is C20H34O2Si. The van der Waals surface area contributed by atoms with E-state index in [4.69, 9.17) is 4.43 Å². The summed E-state index contributed by atoms with van der Waals surface area (Å²) in [5, 5.41) is 0. The van der Waals surface area contributed by atoms with Crippen molar-refractivity contribution in [3.63, 3.8) is 0 Å². The molecule has 0 heterocycles. The molecule has 130 valence electrons. The third-order valence-corrected chi connectivity index (χ3v) is 9.65. The van der Waals surface area contributed by atoms with Crippen LogP contribution in [0.15, 0.2) is 30.3 Å². The molecule has 1 aromatic rings. The van der Waals surface area contributed by atoms with Crippen LogP contribution in [-0.4, -0.2) is 20.2 Å². The first-order valence-corrected chi connectivity index (χ1v) is 11.9. The zero-order valence-corrected chi connectivity index (χ0v) is 16.4. The number of Topliss-reactive ketones (excluding diaryl/α,β-unsaturated/α-hetero) is 1. The fourth-order valence-electron chi connectivity index (χ4n) is 3.09. The number of carbonyl (C=O) groups excluding carboxylic acids is 1. The highest BCUT2D eigenvalue weighted by atomic mass is 28.4. The zero-order chi connectivity index (χ0) is 17.1. The largest absolute Gasteiger partial charge is 0.407 e. The minimum Gasteiger partial charge on any atom is -0.407 e. The van der Waals surface area contributed by atoms with E-state index in [9.17, 15) is 4.79 Å². The molecule has 0 aliphatic heterocycles. The van der Waals surface area contributed by atoms with Crippen LogP contribution in [0.25, 0.3) is 0 Å². The minimum atomic E-state index is -1.77. The summed E-state index contributed by atoms with van der Waals surface area (Å²) in [5.41, 5.74) is 0.791. The van der Waals surface area contributed by atoms with Gasteiger partial charge in [0.15, 0.2) is 14.1 Å². The first-order valence-electron chi connectivity index (χ1n) is 9.39. The van der Waals surface area contributed by atoms with Gasteiger partial charge in [0.2, 0.25) is 0 Å². The maximum absolute atomic E-state index is 12.9. The Morgan fingerprint density at radius 1 is 0.957 bits per heavy atom. The van der Waals surface area contributed by atoms with Gasteiger partial charge in [-0.15, -0.1) is 0 Å². The molecular weight excluding hydrogens is 300 g/mol. The molecule has 0 amide bonds. The van der Waals surface area contributed by atoms with Crippen molar-refractivity contribution in [1.82, 2.24) is 0 Å². The molecule has 3 heteroatoms. The summed E-state index contributed by atoms with van der Waals surface area (Å²) in [6.07, 6.45) is 5.35. The van der Waals surface area contributed by atoms with E-state index >= 15 is 0 Å². The topological polar surface area (TPSA) is 26.3 Å². The number of rotatable bonds is 12. The van der Waals surface area contributed by atoms with Gasteiger partial charge in [-0.3, -0.25) is 4.79 Å². The third kappa shape index (κ3) is 6.23. The van der Waals surface area contributed by atoms with E-state index in [1.165, 1.54) is 19.3 Å². The molecule has 1 rings (SSSR count). The van der Waals surface area contributed by atoms with E-state index in [2.05, 4.69) is 27.7 Å². The van der Waals surface area contributed by atoms with E-state index < -0.39 is 8.32 Å². The average molecular weight is 335 g/mol. The van der Waals surface area contributed by atoms with E-state index in [1.54, 1.807) is 0 Å². The average Bonchev–Trinajstić information content (AvgIpc) is 2.62. The second-order valence-electron chi connectivity index (χ2n) is 6.43. The lowest BCUT2D eigenvalue weighted by molar-refractivity contribution is 0.0752. The molecule has 0 N–H and O–H groups in total. The molecule has 0 unspecified atom stereocenters. The fourth-order valence-corrected chi connectivity index (χ4v) is 5.92. The standard InChI is InChI=1S/C20H34O2Si/c1-5-9-10-14-17-19(22-23(6-2,7-3)8-4)20(21)18-15-12-11-13-16-18/h11-13,15-16,19H,5-10,14,17H2,1-4H3/t19-/m0/s1. The predicted octanol–water partition coefficient (Wildman–Crippen LogP) is 6.23. The lowest BCUT2D eigenvalue weighted by atomic mass is 10.0. The number of benzene rings is 1. The molecule has 1 atom stereocenters. The highest BCUT2D eigenvalue weighted by molar-refractivity contribution is 6.73. The quantitative estimate of drug-likeness (QED) is 0.257. The van der Waals surface area contributed by atoms with Crippen LogP contribution in [0.5, 0.6) is 0 Å². The van der Waals surface area contributed by atoms with Gasteiger partial charge in [-0.25, -0.2) is 0 Å². The van der Waals surface area contributed by atoms with Crippen LogP contribution in [0.2, 0.25) is 18.1 Å². The Balaban J connectivity index is 2.85. The van der Waals surface area contributed by atoms with E-state index in [-0.39, 0.29) is 11.9 Å². The Morgan fingerprint density at radius 3 is 2.09 bits per heavy atom. The molecule has 1 aromatic carbocycles. The molecule has 0 aliphatic rings. The Bertz CT molecular complexity index is 432. The second-order valence-corrected chi connectivity index (χ2v) is 11.2. The molecule has 0 fully saturated rings. The van der Waals surface area contributed by atoms with E-state index in [1.807, 2.05) is 30.3 Å². The molecule has 0 bridgehead atoms. The van der Waals surface area contributed by atoms with Crippen molar-refractivity contribution in [2.24, 2.45) is 0 Å². The van der Waals surface area contributed by atoms with Crippen LogP contribution in [0.1, 0.15) is 70.2 Å². The summed E-state index contributed by atoms with van der Waals surface area (Å²) < 4.78 is 6.57. The number of carbonyl (C=O) groups is 1. The summed E-state index contributed by atoms with van der Waals surface area (Å²) in [4.78, 5) is 12.9. The Morgan fingerprint density at radius 2 is 1.57 bits per heavy atom. The summed E-state index contributed by atoms with van der Waals surface area (Å²) in [7, 11) is -1.77. The van der Waals surface area contributed by atoms with Crippen molar-refractivity contribution in [2.75, 3.05) is 0 Å². The number of hydrogen-bond acceptors (Lipinski definition) is 2. The third-order valence-electron chi connectivity index (χ3n) is 5.00. The van der Waals surface area contributed by atoms with Crippen LogP contribution in [-0.2, 0) is 4.43 Å². The predicted molar refractivity (Wildman–Crippen MR) is 102 cm³/mol. The van der Waals surface area contributed by atoms with Gasteiger partial charge in [0, 0.05) is 5.56 Å². The normalized spacial score (nSPS) is 13.0. The first-order chi connectivity index (χ1) is 11.1. The molecule has 23 heavy (non-hydrogen) atoms. The Labute approximate surface area is 143 Å². The van der Waals surface area contributed by atoms with Crippen LogP contribution in [0, 0.1) is 0 Å². The molecule has 0 aromatic heterocycles. The minimum absolute atomic E-state index is 0.175. The van der Waals surface area contributed by atoms with Gasteiger partial charge in [-0.05, 0) is 24.6 Å². The molecule has 2 nitrogen and oxygen atoms in total. The zero-order valence-electron chi connectivity index (χ0n) is 15.4. The lowest BCUT2D eigenvalue weighted by Crippen LogP contribution is -2.42. The SMILES string of the molecule is CCCCCC[C@H](O[Si](CC)(CC)CC)C(=O)c1ccccc1. The molecule has 0 saturated heterocycles. The fraction of sp³-hybridized carbons (Fsp3) is 0.650. The Kier molecular flexibility index (Phi) is 9.42. The second kappa shape index (κ2) is 10.8. The van der Waals surface area contributed by atoms with Crippen molar-refractivity contribution < 1.29 is 9.22 Å². The van der Waals surface area contributed by atoms with Gasteiger partial charge in [0.25, 0.3) is 0 Å². The number of ketones is 1. The lowest BCUT2D eigenvalue weighted by Gasteiger charge is -2.32. The van der Waals surface area contributed by atoms with Crippen molar-refractivity contribution in [2.45, 2.75) is 84.0 Å². The smallest absolute Gasteiger partial charge is 0.193 e. The highest BCUT2D eigenvalue weighted by Crippen LogP contribution is 2.26. The van der Waals surface area contributed by atoms with Crippen LogP contribution in [0.4, 0.5) is 0 Å². The van der Waals surface area contributed by atoms with Crippen molar-refractivity contribution >= 4 is 14.1 Å². The maximum atomic E-state index is 12.9. The summed E-state index contributed by atoms with van der Waals surface area (Å²) in [6.45, 7) is 8.88. The van der Waals surface area contributed by atoms with Crippen molar-refractivity contribution in [1.29, 1.82) is 0 Å². The van der Waals surface area contributed by atoms with Gasteiger partial charge in [-0.2, -0.15) is 0 Å². The van der Waals surface area contributed by atoms with Gasteiger partial charge >= 0.3 is 0 Å². The van der Waals surface area contributed by atoms with Gasteiger partial charge in [-0.1, -0.05) is 83.7 Å². The monoisotopic (exact) mass is 334 g/mol. The highest BCUT2D eigenvalue weighted by Gasteiger charge is 2.34. The van der Waals surface area contributed by atoms with Crippen LogP contribution < -0.4 is 0 Å². The summed E-state index contributed by atoms with van der Waals surface area (Å²) >= 11 is 0. The van der Waals surface area contributed by atoms with Gasteiger partial charge < -0.3 is 4.43 Å².